The van der Waals surface area contributed by atoms with Gasteiger partial charge in [-0.05, 0) is 35.4 Å². The van der Waals surface area contributed by atoms with Gasteiger partial charge in [-0.2, -0.15) is 0 Å². The molecule has 1 heterocycles. The number of hydrogen-bond donors (Lipinski definition) is 2. The molecule has 2 aromatic carbocycles. The van der Waals surface area contributed by atoms with Crippen molar-refractivity contribution in [1.29, 1.82) is 0 Å². The maximum Gasteiger partial charge on any atom is 0.289 e. The zero-order valence-corrected chi connectivity index (χ0v) is 16.3. The largest absolute Gasteiger partial charge is 0.326 e. The minimum atomic E-state index is -3.76. The second-order valence-electron chi connectivity index (χ2n) is 6.15. The van der Waals surface area contributed by atoms with Gasteiger partial charge in [-0.25, -0.2) is 13.6 Å². The van der Waals surface area contributed by atoms with Crippen molar-refractivity contribution >= 4 is 44.5 Å². The summed E-state index contributed by atoms with van der Waals surface area (Å²) >= 11 is 0.987. The number of anilines is 1. The summed E-state index contributed by atoms with van der Waals surface area (Å²) in [6.07, 6.45) is 0.0701. The molecule has 3 amide bonds. The van der Waals surface area contributed by atoms with E-state index in [2.05, 4.69) is 5.32 Å². The second-order valence-corrected chi connectivity index (χ2v) is 8.63. The molecule has 0 aromatic heterocycles. The smallest absolute Gasteiger partial charge is 0.289 e. The van der Waals surface area contributed by atoms with Crippen molar-refractivity contribution < 1.29 is 22.8 Å². The Morgan fingerprint density at radius 2 is 1.64 bits per heavy atom. The lowest BCUT2D eigenvalue weighted by Gasteiger charge is -2.13. The lowest BCUT2D eigenvalue weighted by atomic mass is 10.1. The Kier molecular flexibility index (Phi) is 5.82. The predicted molar refractivity (Wildman–Crippen MR) is 105 cm³/mol. The van der Waals surface area contributed by atoms with Gasteiger partial charge < -0.3 is 5.32 Å². The fourth-order valence-corrected chi connectivity index (χ4v) is 3.84. The molecule has 10 heteroatoms. The number of nitrogens with zero attached hydrogens (tertiary/aromatic N) is 1. The summed E-state index contributed by atoms with van der Waals surface area (Å²) in [5.74, 6) is -0.302. The Bertz CT molecular complexity index is 1000. The number of carbonyl (C=O) groups is 3. The van der Waals surface area contributed by atoms with Gasteiger partial charge in [0, 0.05) is 5.69 Å². The van der Waals surface area contributed by atoms with E-state index in [4.69, 9.17) is 5.14 Å². The summed E-state index contributed by atoms with van der Waals surface area (Å²) in [4.78, 5) is 36.6. The Balaban J connectivity index is 1.57. The van der Waals surface area contributed by atoms with Crippen LogP contribution in [0.4, 0.5) is 10.5 Å². The van der Waals surface area contributed by atoms with Gasteiger partial charge in [0.25, 0.3) is 5.24 Å². The van der Waals surface area contributed by atoms with E-state index in [0.29, 0.717) is 11.3 Å². The zero-order valence-electron chi connectivity index (χ0n) is 14.6. The number of nitrogens with two attached hydrogens (primary N) is 1. The quantitative estimate of drug-likeness (QED) is 0.734. The minimum absolute atomic E-state index is 0.0133. The number of benzene rings is 2. The van der Waals surface area contributed by atoms with Crippen LogP contribution in [0.1, 0.15) is 11.1 Å². The third-order valence-electron chi connectivity index (χ3n) is 4.04. The van der Waals surface area contributed by atoms with Crippen LogP contribution < -0.4 is 10.5 Å². The van der Waals surface area contributed by atoms with Crippen molar-refractivity contribution in [2.75, 3.05) is 11.1 Å². The molecule has 1 aliphatic rings. The van der Waals surface area contributed by atoms with Gasteiger partial charge in [0.1, 0.15) is 0 Å². The van der Waals surface area contributed by atoms with Gasteiger partial charge in [-0.15, -0.1) is 0 Å². The minimum Gasteiger partial charge on any atom is -0.326 e. The second kappa shape index (κ2) is 8.13. The van der Waals surface area contributed by atoms with Crippen molar-refractivity contribution in [2.45, 2.75) is 17.9 Å². The van der Waals surface area contributed by atoms with Crippen LogP contribution in [0.3, 0.4) is 0 Å². The molecule has 0 radical (unpaired) electrons. The normalized spacial score (nSPS) is 14.4. The van der Waals surface area contributed by atoms with Crippen LogP contribution in [0.2, 0.25) is 0 Å². The van der Waals surface area contributed by atoms with E-state index in [1.807, 2.05) is 0 Å². The molecule has 1 fully saturated rings. The van der Waals surface area contributed by atoms with Gasteiger partial charge in [0.05, 0.1) is 23.6 Å². The molecular formula is C18H17N3O5S2. The van der Waals surface area contributed by atoms with Crippen molar-refractivity contribution in [3.63, 3.8) is 0 Å². The molecule has 2 aromatic rings. The molecule has 0 saturated carbocycles. The molecule has 3 rings (SSSR count). The van der Waals surface area contributed by atoms with E-state index < -0.39 is 10.0 Å². The van der Waals surface area contributed by atoms with Gasteiger partial charge in [-0.3, -0.25) is 19.3 Å². The summed E-state index contributed by atoms with van der Waals surface area (Å²) in [5.41, 5.74) is 1.99. The number of carbonyl (C=O) groups excluding carboxylic acids is 3. The third-order valence-corrected chi connectivity index (χ3v) is 5.82. The van der Waals surface area contributed by atoms with Crippen LogP contribution in [0.15, 0.2) is 53.4 Å². The maximum atomic E-state index is 12.2. The highest BCUT2D eigenvalue weighted by atomic mass is 32.2. The van der Waals surface area contributed by atoms with E-state index in [1.165, 1.54) is 29.2 Å². The van der Waals surface area contributed by atoms with E-state index >= 15 is 0 Å². The Morgan fingerprint density at radius 3 is 2.18 bits per heavy atom. The summed E-state index contributed by atoms with van der Waals surface area (Å²) in [7, 11) is -3.76. The number of amides is 3. The number of nitrogens with one attached hydrogen (secondary N) is 1. The highest BCUT2D eigenvalue weighted by Crippen LogP contribution is 2.22. The molecule has 1 saturated heterocycles. The molecule has 0 unspecified atom stereocenters. The molecule has 28 heavy (non-hydrogen) atoms. The van der Waals surface area contributed by atoms with Crippen LogP contribution in [0.25, 0.3) is 0 Å². The predicted octanol–water partition coefficient (Wildman–Crippen LogP) is 1.71. The average molecular weight is 419 g/mol. The number of primary sulfonamides is 1. The number of thioether (sulfide) groups is 1. The molecule has 0 atom stereocenters. The Labute approximate surface area is 166 Å². The van der Waals surface area contributed by atoms with Crippen molar-refractivity contribution in [2.24, 2.45) is 5.14 Å². The fraction of sp³-hybridized carbons (Fsp3) is 0.167. The van der Waals surface area contributed by atoms with Gasteiger partial charge in [0.15, 0.2) is 0 Å². The summed E-state index contributed by atoms with van der Waals surface area (Å²) in [5, 5.41) is 7.53. The average Bonchev–Trinajstić information content (AvgIpc) is 2.95. The van der Waals surface area contributed by atoms with Gasteiger partial charge in [-0.1, -0.05) is 36.0 Å². The monoisotopic (exact) mass is 419 g/mol. The highest BCUT2D eigenvalue weighted by Gasteiger charge is 2.29. The van der Waals surface area contributed by atoms with Crippen molar-refractivity contribution in [1.82, 2.24) is 4.90 Å². The molecule has 0 aliphatic carbocycles. The van der Waals surface area contributed by atoms with Crippen LogP contribution in [-0.2, 0) is 32.6 Å². The zero-order chi connectivity index (χ0) is 20.3. The standard InChI is InChI=1S/C18H17N3O5S2/c19-28(25,26)15-7-3-12(4-8-15)9-16(22)20-14-5-1-13(2-6-14)10-21-17(23)11-27-18(21)24/h1-8H,9-11H2,(H,20,22)(H2,19,25,26). The first-order valence-corrected chi connectivity index (χ1v) is 10.7. The lowest BCUT2D eigenvalue weighted by molar-refractivity contribution is -0.125. The fourth-order valence-electron chi connectivity index (χ4n) is 2.60. The highest BCUT2D eigenvalue weighted by molar-refractivity contribution is 8.14. The van der Waals surface area contributed by atoms with E-state index in [-0.39, 0.29) is 40.7 Å². The first-order valence-electron chi connectivity index (χ1n) is 8.20. The number of hydrogen-bond acceptors (Lipinski definition) is 6. The molecule has 0 spiro atoms. The summed E-state index contributed by atoms with van der Waals surface area (Å²) in [6, 6.07) is 12.6. The molecule has 146 valence electrons. The first-order chi connectivity index (χ1) is 13.2. The number of imide groups is 1. The van der Waals surface area contributed by atoms with Crippen molar-refractivity contribution in [3.8, 4) is 0 Å². The topological polar surface area (TPSA) is 127 Å². The van der Waals surface area contributed by atoms with Gasteiger partial charge in [0.2, 0.25) is 21.8 Å². The maximum absolute atomic E-state index is 12.2. The molecule has 8 nitrogen and oxygen atoms in total. The first kappa shape index (κ1) is 20.1. The Hall–Kier alpha value is -2.69. The number of rotatable bonds is 6. The van der Waals surface area contributed by atoms with Gasteiger partial charge >= 0.3 is 0 Å². The number of sulfonamides is 1. The van der Waals surface area contributed by atoms with E-state index in [9.17, 15) is 22.8 Å². The van der Waals surface area contributed by atoms with E-state index in [0.717, 1.165) is 17.3 Å². The van der Waals surface area contributed by atoms with Crippen LogP contribution in [0, 0.1) is 0 Å². The SMILES string of the molecule is NS(=O)(=O)c1ccc(CC(=O)Nc2ccc(CN3C(=O)CSC3=O)cc2)cc1. The molecular weight excluding hydrogens is 402 g/mol. The summed E-state index contributed by atoms with van der Waals surface area (Å²) in [6.45, 7) is 0.204. The van der Waals surface area contributed by atoms with Crippen molar-refractivity contribution in [3.05, 3.63) is 59.7 Å². The molecule has 0 bridgehead atoms. The third kappa shape index (κ3) is 4.97. The van der Waals surface area contributed by atoms with Crippen LogP contribution >= 0.6 is 11.8 Å². The Morgan fingerprint density at radius 1 is 1.04 bits per heavy atom. The van der Waals surface area contributed by atoms with Crippen LogP contribution in [0.5, 0.6) is 0 Å². The van der Waals surface area contributed by atoms with Crippen LogP contribution in [-0.4, -0.2) is 36.1 Å². The lowest BCUT2D eigenvalue weighted by Crippen LogP contribution is -2.27. The van der Waals surface area contributed by atoms with E-state index in [1.54, 1.807) is 24.3 Å². The molecule has 1 aliphatic heterocycles. The molecule has 3 N–H and O–H groups in total. The summed E-state index contributed by atoms with van der Waals surface area (Å²) < 4.78 is 22.5.